The topological polar surface area (TPSA) is 46.3 Å². The first-order valence-electron chi connectivity index (χ1n) is 7.90. The fourth-order valence-corrected chi connectivity index (χ4v) is 4.90. The second-order valence-corrected chi connectivity index (χ2v) is 7.48. The molecule has 1 aromatic heterocycles. The standard InChI is InChI=1S/C17H17ClN2O2S/c18-13-7-3-1-5-11(13)17-20(9-10-23-17)16(21)15-12-6-2-4-8-14(12)22-19-15/h1,3,5,7,17H,2,4,6,8-10H2. The Morgan fingerprint density at radius 2 is 2.13 bits per heavy atom. The summed E-state index contributed by atoms with van der Waals surface area (Å²) in [5, 5.41) is 4.74. The van der Waals surface area contributed by atoms with E-state index in [0.29, 0.717) is 17.3 Å². The summed E-state index contributed by atoms with van der Waals surface area (Å²) in [5.41, 5.74) is 2.50. The minimum Gasteiger partial charge on any atom is -0.360 e. The molecule has 1 amide bonds. The molecule has 1 atom stereocenters. The van der Waals surface area contributed by atoms with E-state index in [4.69, 9.17) is 16.1 Å². The van der Waals surface area contributed by atoms with E-state index >= 15 is 0 Å². The van der Waals surface area contributed by atoms with Gasteiger partial charge in [0.15, 0.2) is 5.69 Å². The first-order chi connectivity index (χ1) is 11.3. The second-order valence-electron chi connectivity index (χ2n) is 5.88. The molecule has 1 unspecified atom stereocenters. The van der Waals surface area contributed by atoms with Gasteiger partial charge in [-0.05, 0) is 25.3 Å². The highest BCUT2D eigenvalue weighted by Gasteiger charge is 2.35. The molecule has 1 aromatic carbocycles. The molecule has 1 aliphatic heterocycles. The van der Waals surface area contributed by atoms with Crippen LogP contribution in [-0.2, 0) is 12.8 Å². The molecular weight excluding hydrogens is 332 g/mol. The Bertz CT molecular complexity index is 746. The van der Waals surface area contributed by atoms with Crippen molar-refractivity contribution in [3.05, 3.63) is 51.9 Å². The van der Waals surface area contributed by atoms with Gasteiger partial charge in [-0.2, -0.15) is 0 Å². The second kappa shape index (κ2) is 6.21. The van der Waals surface area contributed by atoms with E-state index < -0.39 is 0 Å². The molecule has 1 fully saturated rings. The van der Waals surface area contributed by atoms with E-state index in [-0.39, 0.29) is 11.3 Å². The van der Waals surface area contributed by atoms with Gasteiger partial charge in [-0.3, -0.25) is 4.79 Å². The van der Waals surface area contributed by atoms with Crippen molar-refractivity contribution in [2.75, 3.05) is 12.3 Å². The number of aromatic nitrogens is 1. The van der Waals surface area contributed by atoms with Crippen LogP contribution in [0.15, 0.2) is 28.8 Å². The monoisotopic (exact) mass is 348 g/mol. The first kappa shape index (κ1) is 15.1. The minimum atomic E-state index is -0.0489. The molecule has 0 bridgehead atoms. The van der Waals surface area contributed by atoms with Crippen molar-refractivity contribution in [1.29, 1.82) is 0 Å². The SMILES string of the molecule is O=C(c1noc2c1CCCC2)N1CCSC1c1ccccc1Cl. The van der Waals surface area contributed by atoms with Crippen molar-refractivity contribution in [2.24, 2.45) is 0 Å². The van der Waals surface area contributed by atoms with Crippen LogP contribution in [0.3, 0.4) is 0 Å². The lowest BCUT2D eigenvalue weighted by Crippen LogP contribution is -2.31. The number of amides is 1. The predicted molar refractivity (Wildman–Crippen MR) is 90.8 cm³/mol. The van der Waals surface area contributed by atoms with Crippen molar-refractivity contribution in [3.63, 3.8) is 0 Å². The van der Waals surface area contributed by atoms with Crippen LogP contribution in [0.1, 0.15) is 45.6 Å². The normalized spacial score (nSPS) is 20.6. The molecule has 4 nitrogen and oxygen atoms in total. The Labute approximate surface area is 144 Å². The molecule has 0 spiro atoms. The maximum absolute atomic E-state index is 13.0. The number of carbonyl (C=O) groups is 1. The predicted octanol–water partition coefficient (Wildman–Crippen LogP) is 4.09. The summed E-state index contributed by atoms with van der Waals surface area (Å²) in [7, 11) is 0. The highest BCUT2D eigenvalue weighted by molar-refractivity contribution is 7.99. The van der Waals surface area contributed by atoms with E-state index in [1.54, 1.807) is 11.8 Å². The van der Waals surface area contributed by atoms with E-state index in [2.05, 4.69) is 5.16 Å². The molecule has 0 radical (unpaired) electrons. The molecule has 2 aromatic rings. The van der Waals surface area contributed by atoms with E-state index in [0.717, 1.165) is 48.3 Å². The number of hydrogen-bond acceptors (Lipinski definition) is 4. The highest BCUT2D eigenvalue weighted by Crippen LogP contribution is 2.41. The zero-order valence-corrected chi connectivity index (χ0v) is 14.2. The molecule has 4 rings (SSSR count). The summed E-state index contributed by atoms with van der Waals surface area (Å²) < 4.78 is 5.40. The van der Waals surface area contributed by atoms with Gasteiger partial charge in [0.25, 0.3) is 5.91 Å². The highest BCUT2D eigenvalue weighted by atomic mass is 35.5. The molecular formula is C17H17ClN2O2S. The molecule has 0 saturated carbocycles. The van der Waals surface area contributed by atoms with Crippen LogP contribution in [0.2, 0.25) is 5.02 Å². The number of nitrogens with zero attached hydrogens (tertiary/aromatic N) is 2. The number of thioether (sulfide) groups is 1. The van der Waals surface area contributed by atoms with Gasteiger partial charge in [-0.1, -0.05) is 35.0 Å². The molecule has 2 heterocycles. The quantitative estimate of drug-likeness (QED) is 0.819. The summed E-state index contributed by atoms with van der Waals surface area (Å²) in [4.78, 5) is 14.9. The smallest absolute Gasteiger partial charge is 0.277 e. The molecule has 6 heteroatoms. The number of rotatable bonds is 2. The summed E-state index contributed by atoms with van der Waals surface area (Å²) in [6, 6.07) is 7.73. The number of hydrogen-bond donors (Lipinski definition) is 0. The molecule has 1 saturated heterocycles. The fourth-order valence-electron chi connectivity index (χ4n) is 3.30. The third-order valence-corrected chi connectivity index (χ3v) is 6.06. The molecule has 2 aliphatic rings. The van der Waals surface area contributed by atoms with Gasteiger partial charge in [0.05, 0.1) is 0 Å². The summed E-state index contributed by atoms with van der Waals surface area (Å²) in [5.74, 6) is 1.76. The van der Waals surface area contributed by atoms with Crippen molar-refractivity contribution in [3.8, 4) is 0 Å². The van der Waals surface area contributed by atoms with Crippen LogP contribution < -0.4 is 0 Å². The van der Waals surface area contributed by atoms with Crippen molar-refractivity contribution in [2.45, 2.75) is 31.1 Å². The van der Waals surface area contributed by atoms with Crippen LogP contribution in [0.5, 0.6) is 0 Å². The summed E-state index contributed by atoms with van der Waals surface area (Å²) in [6.45, 7) is 0.709. The lowest BCUT2D eigenvalue weighted by Gasteiger charge is -2.24. The van der Waals surface area contributed by atoms with Crippen LogP contribution in [0.25, 0.3) is 0 Å². The van der Waals surface area contributed by atoms with E-state index in [1.165, 1.54) is 0 Å². The fraction of sp³-hybridized carbons (Fsp3) is 0.412. The van der Waals surface area contributed by atoms with E-state index in [9.17, 15) is 4.79 Å². The number of benzene rings is 1. The maximum atomic E-state index is 13.0. The molecule has 0 N–H and O–H groups in total. The van der Waals surface area contributed by atoms with Gasteiger partial charge in [-0.15, -0.1) is 11.8 Å². The largest absolute Gasteiger partial charge is 0.360 e. The van der Waals surface area contributed by atoms with Gasteiger partial charge in [0, 0.05) is 34.9 Å². The van der Waals surface area contributed by atoms with Crippen molar-refractivity contribution in [1.82, 2.24) is 10.1 Å². The Hall–Kier alpha value is -1.46. The Balaban J connectivity index is 1.65. The Morgan fingerprint density at radius 3 is 3.00 bits per heavy atom. The van der Waals surface area contributed by atoms with Crippen molar-refractivity contribution >= 4 is 29.3 Å². The number of fused-ring (bicyclic) bond motifs is 1. The van der Waals surface area contributed by atoms with Gasteiger partial charge in [-0.25, -0.2) is 0 Å². The lowest BCUT2D eigenvalue weighted by molar-refractivity contribution is 0.0749. The summed E-state index contributed by atoms with van der Waals surface area (Å²) in [6.07, 6.45) is 3.98. The molecule has 23 heavy (non-hydrogen) atoms. The zero-order chi connectivity index (χ0) is 15.8. The maximum Gasteiger partial charge on any atom is 0.277 e. The summed E-state index contributed by atoms with van der Waals surface area (Å²) >= 11 is 8.07. The van der Waals surface area contributed by atoms with Gasteiger partial charge < -0.3 is 9.42 Å². The molecule has 120 valence electrons. The number of aryl methyl sites for hydroxylation is 1. The average Bonchev–Trinajstić information content (AvgIpc) is 3.22. The third-order valence-electron chi connectivity index (χ3n) is 4.48. The van der Waals surface area contributed by atoms with Gasteiger partial charge in [0.2, 0.25) is 0 Å². The minimum absolute atomic E-state index is 0.0354. The lowest BCUT2D eigenvalue weighted by atomic mass is 9.96. The van der Waals surface area contributed by atoms with Crippen molar-refractivity contribution < 1.29 is 9.32 Å². The zero-order valence-electron chi connectivity index (χ0n) is 12.6. The Kier molecular flexibility index (Phi) is 4.07. The van der Waals surface area contributed by atoms with Crippen LogP contribution in [0.4, 0.5) is 0 Å². The average molecular weight is 349 g/mol. The number of carbonyl (C=O) groups excluding carboxylic acids is 1. The number of halogens is 1. The Morgan fingerprint density at radius 1 is 1.30 bits per heavy atom. The molecule has 1 aliphatic carbocycles. The first-order valence-corrected chi connectivity index (χ1v) is 9.33. The van der Waals surface area contributed by atoms with Gasteiger partial charge in [0.1, 0.15) is 11.1 Å². The third kappa shape index (κ3) is 2.66. The van der Waals surface area contributed by atoms with Crippen LogP contribution in [-0.4, -0.2) is 28.3 Å². The van der Waals surface area contributed by atoms with Gasteiger partial charge >= 0.3 is 0 Å². The van der Waals surface area contributed by atoms with Crippen LogP contribution in [0, 0.1) is 0 Å². The van der Waals surface area contributed by atoms with Crippen LogP contribution >= 0.6 is 23.4 Å². The van der Waals surface area contributed by atoms with E-state index in [1.807, 2.05) is 29.2 Å².